The van der Waals surface area contributed by atoms with Crippen molar-refractivity contribution in [1.82, 2.24) is 5.32 Å². The van der Waals surface area contributed by atoms with Crippen molar-refractivity contribution in [1.29, 1.82) is 0 Å². The third-order valence-corrected chi connectivity index (χ3v) is 4.82. The predicted octanol–water partition coefficient (Wildman–Crippen LogP) is 3.76. The van der Waals surface area contributed by atoms with Gasteiger partial charge in [-0.15, -0.1) is 0 Å². The average molecular weight is 401 g/mol. The van der Waals surface area contributed by atoms with E-state index < -0.39 is 24.0 Å². The molecule has 7 nitrogen and oxygen atoms in total. The molecule has 0 saturated carbocycles. The quantitative estimate of drug-likeness (QED) is 0.762. The third-order valence-electron chi connectivity index (χ3n) is 4.48. The Labute approximate surface area is 166 Å². The van der Waals surface area contributed by atoms with Crippen LogP contribution < -0.4 is 10.2 Å². The van der Waals surface area contributed by atoms with E-state index >= 15 is 0 Å². The molecule has 0 spiro atoms. The first kappa shape index (κ1) is 19.4. The Morgan fingerprint density at radius 1 is 1.14 bits per heavy atom. The molecule has 0 fully saturated rings. The van der Waals surface area contributed by atoms with E-state index in [0.717, 1.165) is 0 Å². The Hall–Kier alpha value is -3.32. The van der Waals surface area contributed by atoms with Crippen molar-refractivity contribution in [2.24, 2.45) is 0 Å². The van der Waals surface area contributed by atoms with Crippen LogP contribution in [0.1, 0.15) is 28.9 Å². The number of methoxy groups -OCH3 is 1. The van der Waals surface area contributed by atoms with Crippen LogP contribution in [-0.2, 0) is 9.53 Å². The number of carboxylic acid groups (broad SMARTS) is 1. The number of allylic oxidation sites excluding steroid dienone is 1. The van der Waals surface area contributed by atoms with Gasteiger partial charge < -0.3 is 15.2 Å². The molecule has 2 aromatic carbocycles. The van der Waals surface area contributed by atoms with Crippen LogP contribution in [0.5, 0.6) is 0 Å². The summed E-state index contributed by atoms with van der Waals surface area (Å²) in [7, 11) is 1.26. The zero-order valence-corrected chi connectivity index (χ0v) is 15.9. The highest BCUT2D eigenvalue weighted by atomic mass is 35.5. The van der Waals surface area contributed by atoms with Gasteiger partial charge in [-0.05, 0) is 42.8 Å². The summed E-state index contributed by atoms with van der Waals surface area (Å²) >= 11 is 6.27. The van der Waals surface area contributed by atoms with Gasteiger partial charge >= 0.3 is 18.0 Å². The summed E-state index contributed by atoms with van der Waals surface area (Å²) in [5, 5.41) is 12.2. The minimum atomic E-state index is -1.07. The molecule has 1 heterocycles. The molecule has 2 aromatic rings. The lowest BCUT2D eigenvalue weighted by atomic mass is 9.94. The Kier molecular flexibility index (Phi) is 5.37. The number of ether oxygens (including phenoxy) is 1. The van der Waals surface area contributed by atoms with Crippen molar-refractivity contribution in [3.63, 3.8) is 0 Å². The Morgan fingerprint density at radius 2 is 1.79 bits per heavy atom. The smallest absolute Gasteiger partial charge is 0.337 e. The fraction of sp³-hybridized carbons (Fsp3) is 0.150. The molecule has 0 aliphatic carbocycles. The van der Waals surface area contributed by atoms with E-state index in [0.29, 0.717) is 22.0 Å². The first-order chi connectivity index (χ1) is 13.3. The molecular formula is C20H17ClN2O5. The number of hydrogen-bond acceptors (Lipinski definition) is 4. The molecule has 0 aromatic heterocycles. The van der Waals surface area contributed by atoms with E-state index in [1.165, 1.54) is 36.3 Å². The van der Waals surface area contributed by atoms with E-state index in [1.54, 1.807) is 31.2 Å². The summed E-state index contributed by atoms with van der Waals surface area (Å²) in [6.45, 7) is 1.62. The highest BCUT2D eigenvalue weighted by Gasteiger charge is 2.37. The molecule has 28 heavy (non-hydrogen) atoms. The first-order valence-corrected chi connectivity index (χ1v) is 8.70. The van der Waals surface area contributed by atoms with Gasteiger partial charge in [-0.1, -0.05) is 29.8 Å². The number of esters is 1. The van der Waals surface area contributed by atoms with Crippen LogP contribution in [0.2, 0.25) is 5.02 Å². The molecule has 1 atom stereocenters. The monoisotopic (exact) mass is 400 g/mol. The van der Waals surface area contributed by atoms with Crippen molar-refractivity contribution in [2.45, 2.75) is 13.0 Å². The summed E-state index contributed by atoms with van der Waals surface area (Å²) < 4.78 is 4.93. The van der Waals surface area contributed by atoms with E-state index in [1.807, 2.05) is 0 Å². The van der Waals surface area contributed by atoms with Gasteiger partial charge in [0.2, 0.25) is 0 Å². The zero-order valence-electron chi connectivity index (χ0n) is 15.1. The lowest BCUT2D eigenvalue weighted by Crippen LogP contribution is -2.48. The molecule has 144 valence electrons. The molecule has 8 heteroatoms. The van der Waals surface area contributed by atoms with Crippen LogP contribution in [0.3, 0.4) is 0 Å². The molecule has 0 radical (unpaired) electrons. The van der Waals surface area contributed by atoms with Gasteiger partial charge in [0.25, 0.3) is 0 Å². The highest BCUT2D eigenvalue weighted by molar-refractivity contribution is 6.31. The Morgan fingerprint density at radius 3 is 2.36 bits per heavy atom. The second-order valence-corrected chi connectivity index (χ2v) is 6.49. The maximum atomic E-state index is 12.8. The van der Waals surface area contributed by atoms with Crippen molar-refractivity contribution in [3.05, 3.63) is 76.0 Å². The van der Waals surface area contributed by atoms with Crippen molar-refractivity contribution >= 4 is 35.3 Å². The number of carbonyl (C=O) groups is 3. The number of urea groups is 1. The minimum Gasteiger partial charge on any atom is -0.478 e. The van der Waals surface area contributed by atoms with Gasteiger partial charge in [0, 0.05) is 10.7 Å². The van der Waals surface area contributed by atoms with Crippen LogP contribution in [0.4, 0.5) is 10.5 Å². The first-order valence-electron chi connectivity index (χ1n) is 8.32. The minimum absolute atomic E-state index is 0.0879. The number of halogens is 1. The summed E-state index contributed by atoms with van der Waals surface area (Å²) in [6.07, 6.45) is 0. The van der Waals surface area contributed by atoms with E-state index in [2.05, 4.69) is 5.32 Å². The average Bonchev–Trinajstić information content (AvgIpc) is 2.68. The molecule has 0 saturated heterocycles. The number of hydrogen-bond donors (Lipinski definition) is 2. The number of amides is 2. The SMILES string of the molecule is COC(=O)C1=C(C)N(c2ccc(C(=O)O)cc2)C(=O)NC1c1ccccc1Cl. The van der Waals surface area contributed by atoms with Crippen LogP contribution in [0.15, 0.2) is 59.8 Å². The highest BCUT2D eigenvalue weighted by Crippen LogP contribution is 2.36. The standard InChI is InChI=1S/C20H17ClN2O5/c1-11-16(19(26)28-2)17(14-5-3-4-6-15(14)21)22-20(27)23(11)13-9-7-12(8-10-13)18(24)25/h3-10,17H,1-2H3,(H,22,27)(H,24,25). The fourth-order valence-electron chi connectivity index (χ4n) is 3.12. The van der Waals surface area contributed by atoms with Crippen molar-refractivity contribution < 1.29 is 24.2 Å². The molecule has 3 rings (SSSR count). The Balaban J connectivity index is 2.12. The van der Waals surface area contributed by atoms with Gasteiger partial charge in [-0.2, -0.15) is 0 Å². The van der Waals surface area contributed by atoms with E-state index in [9.17, 15) is 14.4 Å². The van der Waals surface area contributed by atoms with Crippen LogP contribution in [-0.4, -0.2) is 30.2 Å². The molecule has 1 unspecified atom stereocenters. The maximum Gasteiger partial charge on any atom is 0.337 e. The summed E-state index contributed by atoms with van der Waals surface area (Å²) in [6, 6.07) is 11.4. The molecule has 2 amide bonds. The van der Waals surface area contributed by atoms with E-state index in [4.69, 9.17) is 21.4 Å². The zero-order chi connectivity index (χ0) is 20.4. The molecule has 1 aliphatic heterocycles. The summed E-state index contributed by atoms with van der Waals surface area (Å²) in [5.74, 6) is -1.68. The van der Waals surface area contributed by atoms with Crippen LogP contribution in [0.25, 0.3) is 0 Å². The molecular weight excluding hydrogens is 384 g/mol. The lowest BCUT2D eigenvalue weighted by molar-refractivity contribution is -0.136. The summed E-state index contributed by atoms with van der Waals surface area (Å²) in [5.41, 5.74) is 1.67. The molecule has 2 N–H and O–H groups in total. The molecule has 1 aliphatic rings. The summed E-state index contributed by atoms with van der Waals surface area (Å²) in [4.78, 5) is 37.7. The van der Waals surface area contributed by atoms with Gasteiger partial charge in [0.05, 0.1) is 30.0 Å². The number of rotatable bonds is 4. The largest absolute Gasteiger partial charge is 0.478 e. The number of carbonyl (C=O) groups excluding carboxylic acids is 2. The van der Waals surface area contributed by atoms with Gasteiger partial charge in [-0.3, -0.25) is 4.90 Å². The van der Waals surface area contributed by atoms with Crippen LogP contribution >= 0.6 is 11.6 Å². The Bertz CT molecular complexity index is 984. The molecule has 0 bridgehead atoms. The normalized spacial score (nSPS) is 16.6. The number of nitrogens with one attached hydrogen (secondary N) is 1. The maximum absolute atomic E-state index is 12.8. The number of aromatic carboxylic acids is 1. The fourth-order valence-corrected chi connectivity index (χ4v) is 3.37. The van der Waals surface area contributed by atoms with Gasteiger partial charge in [0.1, 0.15) is 0 Å². The topological polar surface area (TPSA) is 95.9 Å². The van der Waals surface area contributed by atoms with Gasteiger partial charge in [0.15, 0.2) is 0 Å². The number of anilines is 1. The second kappa shape index (κ2) is 7.74. The van der Waals surface area contributed by atoms with Crippen molar-refractivity contribution in [3.8, 4) is 0 Å². The van der Waals surface area contributed by atoms with Crippen LogP contribution in [0, 0.1) is 0 Å². The van der Waals surface area contributed by atoms with Crippen molar-refractivity contribution in [2.75, 3.05) is 12.0 Å². The number of benzene rings is 2. The second-order valence-electron chi connectivity index (χ2n) is 6.08. The number of carboxylic acids is 1. The third kappa shape index (κ3) is 3.44. The lowest BCUT2D eigenvalue weighted by Gasteiger charge is -2.35. The van der Waals surface area contributed by atoms with Gasteiger partial charge in [-0.25, -0.2) is 14.4 Å². The number of nitrogens with zero attached hydrogens (tertiary/aromatic N) is 1. The predicted molar refractivity (Wildman–Crippen MR) is 103 cm³/mol. The van der Waals surface area contributed by atoms with E-state index in [-0.39, 0.29) is 11.1 Å².